The molecule has 166 valence electrons. The first-order valence-electron chi connectivity index (χ1n) is 10.3. The van der Waals surface area contributed by atoms with E-state index in [1.807, 2.05) is 11.4 Å². The number of halogens is 1. The lowest BCUT2D eigenvalue weighted by Crippen LogP contribution is -2.48. The Labute approximate surface area is 185 Å². The number of nitrogens with zero attached hydrogens (tertiary/aromatic N) is 3. The first kappa shape index (κ1) is 21.9. The van der Waals surface area contributed by atoms with Crippen LogP contribution < -0.4 is 0 Å². The molecule has 1 aromatic carbocycles. The van der Waals surface area contributed by atoms with Gasteiger partial charge in [-0.3, -0.25) is 9.59 Å². The van der Waals surface area contributed by atoms with Crippen LogP contribution >= 0.6 is 11.3 Å². The van der Waals surface area contributed by atoms with E-state index in [4.69, 9.17) is 0 Å². The number of carbonyl (C=O) groups is 2. The average Bonchev–Trinajstić information content (AvgIpc) is 3.41. The fourth-order valence-corrected chi connectivity index (χ4v) is 6.28. The van der Waals surface area contributed by atoms with Crippen LogP contribution in [0.3, 0.4) is 0 Å². The molecule has 2 aliphatic rings. The molecule has 1 atom stereocenters. The maximum atomic E-state index is 13.2. The molecule has 0 saturated carbocycles. The van der Waals surface area contributed by atoms with Gasteiger partial charge in [-0.15, -0.1) is 11.3 Å². The first-order valence-corrected chi connectivity index (χ1v) is 12.6. The molecule has 2 saturated heterocycles. The number of carbonyl (C=O) groups excluding carboxylic acids is 2. The second kappa shape index (κ2) is 9.05. The summed E-state index contributed by atoms with van der Waals surface area (Å²) in [6, 6.07) is 7.83. The van der Waals surface area contributed by atoms with Gasteiger partial charge < -0.3 is 9.80 Å². The Balaban J connectivity index is 1.44. The van der Waals surface area contributed by atoms with Crippen molar-refractivity contribution in [2.75, 3.05) is 32.7 Å². The number of hydrogen-bond donors (Lipinski definition) is 0. The van der Waals surface area contributed by atoms with Crippen LogP contribution in [0.15, 0.2) is 46.7 Å². The maximum absolute atomic E-state index is 13.2. The summed E-state index contributed by atoms with van der Waals surface area (Å²) in [7, 11) is -3.76. The fourth-order valence-electron chi connectivity index (χ4n) is 4.13. The van der Waals surface area contributed by atoms with Crippen molar-refractivity contribution in [3.8, 4) is 0 Å². The van der Waals surface area contributed by atoms with Gasteiger partial charge in [0.2, 0.25) is 15.9 Å². The van der Waals surface area contributed by atoms with Crippen molar-refractivity contribution in [1.29, 1.82) is 0 Å². The van der Waals surface area contributed by atoms with E-state index < -0.39 is 21.9 Å². The molecule has 2 aromatic rings. The molecule has 10 heteroatoms. The molecule has 0 unspecified atom stereocenters. The van der Waals surface area contributed by atoms with Crippen LogP contribution in [0, 0.1) is 5.82 Å². The van der Waals surface area contributed by atoms with Crippen molar-refractivity contribution in [1.82, 2.24) is 14.1 Å². The smallest absolute Gasteiger partial charge is 0.264 e. The lowest BCUT2D eigenvalue weighted by molar-refractivity contribution is -0.135. The number of rotatable bonds is 4. The minimum absolute atomic E-state index is 0.0391. The van der Waals surface area contributed by atoms with Crippen molar-refractivity contribution in [2.45, 2.75) is 30.2 Å². The molecule has 2 aliphatic heterocycles. The van der Waals surface area contributed by atoms with E-state index in [2.05, 4.69) is 0 Å². The Bertz CT molecular complexity index is 1040. The molecule has 2 fully saturated rings. The molecule has 0 spiro atoms. The third-order valence-corrected chi connectivity index (χ3v) is 8.52. The number of thiophene rings is 1. The monoisotopic (exact) mass is 465 g/mol. The SMILES string of the molecule is O=C([C@@H]1CCCN1C(=O)c1cccs1)N1CCCN(S(=O)(=O)c2ccc(F)cc2)CC1. The third-order valence-electron chi connectivity index (χ3n) is 5.75. The minimum atomic E-state index is -3.76. The van der Waals surface area contributed by atoms with Gasteiger partial charge in [0.1, 0.15) is 11.9 Å². The highest BCUT2D eigenvalue weighted by molar-refractivity contribution is 7.89. The van der Waals surface area contributed by atoms with E-state index in [0.717, 1.165) is 18.6 Å². The predicted octanol–water partition coefficient (Wildman–Crippen LogP) is 2.42. The summed E-state index contributed by atoms with van der Waals surface area (Å²) in [4.78, 5) is 30.0. The molecular weight excluding hydrogens is 441 g/mol. The van der Waals surface area contributed by atoms with Crippen LogP contribution in [0.1, 0.15) is 28.9 Å². The molecule has 0 N–H and O–H groups in total. The molecular formula is C21H24FN3O4S2. The summed E-state index contributed by atoms with van der Waals surface area (Å²) in [6.45, 7) is 1.69. The fraction of sp³-hybridized carbons (Fsp3) is 0.429. The van der Waals surface area contributed by atoms with Gasteiger partial charge in [-0.25, -0.2) is 12.8 Å². The Morgan fingerprint density at radius 1 is 0.968 bits per heavy atom. The number of benzene rings is 1. The zero-order valence-corrected chi connectivity index (χ0v) is 18.6. The van der Waals surface area contributed by atoms with Gasteiger partial charge in [0.25, 0.3) is 5.91 Å². The number of likely N-dealkylation sites (tertiary alicyclic amines) is 1. The molecule has 1 aromatic heterocycles. The van der Waals surface area contributed by atoms with Gasteiger partial charge in [0.05, 0.1) is 9.77 Å². The van der Waals surface area contributed by atoms with Crippen molar-refractivity contribution >= 4 is 33.2 Å². The molecule has 3 heterocycles. The minimum Gasteiger partial charge on any atom is -0.340 e. The highest BCUT2D eigenvalue weighted by Crippen LogP contribution is 2.25. The van der Waals surface area contributed by atoms with E-state index in [9.17, 15) is 22.4 Å². The Kier molecular flexibility index (Phi) is 6.40. The summed E-state index contributed by atoms with van der Waals surface area (Å²) < 4.78 is 40.3. The second-order valence-corrected chi connectivity index (χ2v) is 10.6. The zero-order chi connectivity index (χ0) is 22.0. The van der Waals surface area contributed by atoms with Crippen LogP contribution in [0.5, 0.6) is 0 Å². The number of hydrogen-bond acceptors (Lipinski definition) is 5. The van der Waals surface area contributed by atoms with Crippen LogP contribution in [0.4, 0.5) is 4.39 Å². The normalized spacial score (nSPS) is 20.6. The quantitative estimate of drug-likeness (QED) is 0.695. The highest BCUT2D eigenvalue weighted by atomic mass is 32.2. The third kappa shape index (κ3) is 4.51. The van der Waals surface area contributed by atoms with E-state index in [0.29, 0.717) is 30.8 Å². The number of amides is 2. The summed E-state index contributed by atoms with van der Waals surface area (Å²) >= 11 is 1.36. The summed E-state index contributed by atoms with van der Waals surface area (Å²) in [5.41, 5.74) is 0. The molecule has 0 radical (unpaired) electrons. The van der Waals surface area contributed by atoms with Gasteiger partial charge in [-0.05, 0) is 55.0 Å². The van der Waals surface area contributed by atoms with Crippen LogP contribution in [-0.2, 0) is 14.8 Å². The van der Waals surface area contributed by atoms with Gasteiger partial charge in [0.15, 0.2) is 0 Å². The van der Waals surface area contributed by atoms with Gasteiger partial charge in [0, 0.05) is 32.7 Å². The lowest BCUT2D eigenvalue weighted by Gasteiger charge is -2.29. The molecule has 31 heavy (non-hydrogen) atoms. The van der Waals surface area contributed by atoms with Gasteiger partial charge in [-0.1, -0.05) is 6.07 Å². The molecule has 4 rings (SSSR count). The average molecular weight is 466 g/mol. The van der Waals surface area contributed by atoms with E-state index in [1.54, 1.807) is 15.9 Å². The van der Waals surface area contributed by atoms with Crippen molar-refractivity contribution in [2.24, 2.45) is 0 Å². The molecule has 2 amide bonds. The summed E-state index contributed by atoms with van der Waals surface area (Å²) in [5.74, 6) is -0.741. The molecule has 0 aliphatic carbocycles. The van der Waals surface area contributed by atoms with Gasteiger partial charge in [-0.2, -0.15) is 4.31 Å². The number of sulfonamides is 1. The Morgan fingerprint density at radius 2 is 1.74 bits per heavy atom. The highest BCUT2D eigenvalue weighted by Gasteiger charge is 2.38. The lowest BCUT2D eigenvalue weighted by atomic mass is 10.2. The predicted molar refractivity (Wildman–Crippen MR) is 115 cm³/mol. The van der Waals surface area contributed by atoms with E-state index in [-0.39, 0.29) is 36.3 Å². The van der Waals surface area contributed by atoms with Crippen molar-refractivity contribution in [3.05, 3.63) is 52.5 Å². The van der Waals surface area contributed by atoms with E-state index >= 15 is 0 Å². The zero-order valence-electron chi connectivity index (χ0n) is 16.9. The van der Waals surface area contributed by atoms with Gasteiger partial charge >= 0.3 is 0 Å². The molecule has 7 nitrogen and oxygen atoms in total. The van der Waals surface area contributed by atoms with Crippen molar-refractivity contribution in [3.63, 3.8) is 0 Å². The summed E-state index contributed by atoms with van der Waals surface area (Å²) in [5, 5.41) is 1.84. The van der Waals surface area contributed by atoms with Crippen LogP contribution in [-0.4, -0.2) is 73.1 Å². The standard InChI is InChI=1S/C21H24FN3O4S2/c22-16-6-8-17(9-7-16)31(28,29)24-11-3-10-23(13-14-24)20(26)18-4-1-12-25(18)21(27)19-5-2-15-30-19/h2,5-9,15,18H,1,3-4,10-14H2/t18-/m0/s1. The van der Waals surface area contributed by atoms with Crippen LogP contribution in [0.2, 0.25) is 0 Å². The maximum Gasteiger partial charge on any atom is 0.264 e. The largest absolute Gasteiger partial charge is 0.340 e. The second-order valence-electron chi connectivity index (χ2n) is 7.67. The Morgan fingerprint density at radius 3 is 2.45 bits per heavy atom. The van der Waals surface area contributed by atoms with E-state index in [1.165, 1.54) is 27.8 Å². The first-order chi connectivity index (χ1) is 14.9. The molecule has 0 bridgehead atoms. The van der Waals surface area contributed by atoms with Crippen molar-refractivity contribution < 1.29 is 22.4 Å². The topological polar surface area (TPSA) is 78.0 Å². The van der Waals surface area contributed by atoms with Crippen LogP contribution in [0.25, 0.3) is 0 Å². The summed E-state index contributed by atoms with van der Waals surface area (Å²) in [6.07, 6.45) is 1.88. The Hall–Kier alpha value is -2.30.